The number of pyridine rings is 1. The minimum absolute atomic E-state index is 0.214. The fourth-order valence-corrected chi connectivity index (χ4v) is 4.38. The van der Waals surface area contributed by atoms with Crippen LogP contribution in [0.3, 0.4) is 0 Å². The number of fused-ring (bicyclic) bond motifs is 1. The molecule has 28 heavy (non-hydrogen) atoms. The summed E-state index contributed by atoms with van der Waals surface area (Å²) < 4.78 is 0. The number of aryl methyl sites for hydroxylation is 2. The van der Waals surface area contributed by atoms with Gasteiger partial charge in [0.2, 0.25) is 0 Å². The molecule has 3 heterocycles. The van der Waals surface area contributed by atoms with Gasteiger partial charge in [0.05, 0.1) is 33.5 Å². The topological polar surface area (TPSA) is 52.6 Å². The third-order valence-corrected chi connectivity index (χ3v) is 6.26. The van der Waals surface area contributed by atoms with E-state index in [0.29, 0.717) is 16.6 Å². The summed E-state index contributed by atoms with van der Waals surface area (Å²) in [7, 11) is 2.16. The zero-order chi connectivity index (χ0) is 19.9. The number of nitrogens with one attached hydrogen (secondary N) is 2. The van der Waals surface area contributed by atoms with Gasteiger partial charge < -0.3 is 15.5 Å². The van der Waals surface area contributed by atoms with E-state index >= 15 is 0 Å². The van der Waals surface area contributed by atoms with E-state index in [4.69, 9.17) is 28.2 Å². The smallest absolute Gasteiger partial charge is 0.127 e. The highest BCUT2D eigenvalue weighted by molar-refractivity contribution is 6.42. The van der Waals surface area contributed by atoms with Crippen LogP contribution >= 0.6 is 23.2 Å². The maximum absolute atomic E-state index is 6.26. The lowest BCUT2D eigenvalue weighted by atomic mass is 9.84. The van der Waals surface area contributed by atoms with Crippen LogP contribution in [-0.4, -0.2) is 41.4 Å². The molecule has 0 bridgehead atoms. The van der Waals surface area contributed by atoms with Crippen LogP contribution in [0.25, 0.3) is 0 Å². The van der Waals surface area contributed by atoms with Gasteiger partial charge in [0.1, 0.15) is 5.84 Å². The predicted octanol–water partition coefficient (Wildman–Crippen LogP) is 4.91. The van der Waals surface area contributed by atoms with Crippen LogP contribution in [0.2, 0.25) is 10.0 Å². The van der Waals surface area contributed by atoms with E-state index in [0.717, 1.165) is 54.5 Å². The minimum atomic E-state index is -0.214. The summed E-state index contributed by atoms with van der Waals surface area (Å²) in [6.07, 6.45) is 1.95. The first-order valence-electron chi connectivity index (χ1n) is 9.56. The predicted molar refractivity (Wildman–Crippen MR) is 118 cm³/mol. The minimum Gasteiger partial charge on any atom is -0.371 e. The zero-order valence-corrected chi connectivity index (χ0v) is 18.0. The Morgan fingerprint density at radius 2 is 1.64 bits per heavy atom. The molecule has 1 spiro atoms. The average molecular weight is 418 g/mol. The van der Waals surface area contributed by atoms with Crippen LogP contribution in [-0.2, 0) is 6.54 Å². The van der Waals surface area contributed by atoms with Crippen LogP contribution in [0.1, 0.15) is 29.8 Å². The number of nitrogens with zero attached hydrogens (tertiary/aromatic N) is 3. The summed E-state index contributed by atoms with van der Waals surface area (Å²) in [5.74, 6) is 0.971. The highest BCUT2D eigenvalue weighted by Gasteiger charge is 2.42. The number of halogens is 2. The Balaban J connectivity index is 1.70. The summed E-state index contributed by atoms with van der Waals surface area (Å²) >= 11 is 12.5. The molecule has 2 aliphatic heterocycles. The second-order valence-electron chi connectivity index (χ2n) is 7.87. The first-order valence-corrected chi connectivity index (χ1v) is 10.3. The molecule has 4 rings (SSSR count). The largest absolute Gasteiger partial charge is 0.371 e. The van der Waals surface area contributed by atoms with Crippen molar-refractivity contribution in [3.63, 3.8) is 0 Å². The monoisotopic (exact) mass is 417 g/mol. The Hall–Kier alpha value is -1.82. The molecule has 1 aromatic carbocycles. The van der Waals surface area contributed by atoms with Gasteiger partial charge in [-0.15, -0.1) is 0 Å². The molecule has 0 radical (unpaired) electrons. The van der Waals surface area contributed by atoms with Crippen molar-refractivity contribution < 1.29 is 0 Å². The number of anilines is 2. The highest BCUT2D eigenvalue weighted by Crippen LogP contribution is 2.40. The summed E-state index contributed by atoms with van der Waals surface area (Å²) in [5, 5.41) is 8.38. The lowest BCUT2D eigenvalue weighted by Crippen LogP contribution is -2.58. The fraction of sp³-hybridized carbons (Fsp3) is 0.429. The second kappa shape index (κ2) is 7.54. The van der Waals surface area contributed by atoms with Gasteiger partial charge in [0, 0.05) is 24.5 Å². The average Bonchev–Trinajstić information content (AvgIpc) is 2.63. The summed E-state index contributed by atoms with van der Waals surface area (Å²) in [6, 6.07) is 7.96. The maximum Gasteiger partial charge on any atom is 0.127 e. The molecule has 0 amide bonds. The van der Waals surface area contributed by atoms with Crippen LogP contribution in [0.5, 0.6) is 0 Å². The molecular weight excluding hydrogens is 393 g/mol. The first kappa shape index (κ1) is 19.5. The highest BCUT2D eigenvalue weighted by atomic mass is 35.5. The van der Waals surface area contributed by atoms with Gasteiger partial charge in [-0.05, 0) is 63.6 Å². The summed E-state index contributed by atoms with van der Waals surface area (Å²) in [5.41, 5.74) is 4.89. The summed E-state index contributed by atoms with van der Waals surface area (Å²) in [6.45, 7) is 6.67. The van der Waals surface area contributed by atoms with Crippen LogP contribution in [0, 0.1) is 13.8 Å². The van der Waals surface area contributed by atoms with E-state index in [9.17, 15) is 0 Å². The van der Waals surface area contributed by atoms with Crippen molar-refractivity contribution in [2.45, 2.75) is 38.8 Å². The normalized spacial score (nSPS) is 20.0. The van der Waals surface area contributed by atoms with Gasteiger partial charge >= 0.3 is 0 Å². The standard InChI is InChI=1S/C21H25Cl2N5/c1-13-8-15(9-14(2)25-13)12-24-20-21(4-6-28(3)7-5-21)27-19-11-17(23)16(22)10-18(19)26-20/h8-11,27H,4-7,12H2,1-3H3,(H,24,26). The van der Waals surface area contributed by atoms with Crippen LogP contribution < -0.4 is 10.6 Å². The van der Waals surface area contributed by atoms with Crippen LogP contribution in [0.4, 0.5) is 11.4 Å². The van der Waals surface area contributed by atoms with Crippen molar-refractivity contribution in [1.29, 1.82) is 0 Å². The molecule has 0 atom stereocenters. The Labute approximate surface area is 176 Å². The third-order valence-electron chi connectivity index (χ3n) is 5.54. The summed E-state index contributed by atoms with van der Waals surface area (Å²) in [4.78, 5) is 11.8. The van der Waals surface area contributed by atoms with Gasteiger partial charge in [0.25, 0.3) is 0 Å². The molecule has 5 nitrogen and oxygen atoms in total. The number of aliphatic imine (C=N–C) groups is 1. The number of amidine groups is 1. The molecule has 2 aromatic rings. The molecule has 2 N–H and O–H groups in total. The molecule has 2 aliphatic rings. The molecule has 7 heteroatoms. The second-order valence-corrected chi connectivity index (χ2v) is 8.68. The molecular formula is C21H25Cl2N5. The van der Waals surface area contributed by atoms with Crippen molar-refractivity contribution in [3.8, 4) is 0 Å². The Kier molecular flexibility index (Phi) is 5.25. The molecule has 1 saturated heterocycles. The quantitative estimate of drug-likeness (QED) is 0.728. The van der Waals surface area contributed by atoms with Gasteiger partial charge in [-0.25, -0.2) is 0 Å². The Morgan fingerprint density at radius 3 is 2.29 bits per heavy atom. The van der Waals surface area contributed by atoms with Gasteiger partial charge in [-0.2, -0.15) is 0 Å². The lowest BCUT2D eigenvalue weighted by molar-refractivity contribution is 0.240. The van der Waals surface area contributed by atoms with Crippen molar-refractivity contribution in [1.82, 2.24) is 9.88 Å². The molecule has 0 saturated carbocycles. The van der Waals surface area contributed by atoms with E-state index in [2.05, 4.69) is 39.7 Å². The molecule has 0 unspecified atom stereocenters. The van der Waals surface area contributed by atoms with Gasteiger partial charge in [-0.1, -0.05) is 23.2 Å². The SMILES string of the molecule is Cc1cc(CN=C2Nc3cc(Cl)c(Cl)cc3NC23CCN(C)CC3)cc(C)n1. The number of piperidine rings is 1. The van der Waals surface area contributed by atoms with Crippen LogP contribution in [0.15, 0.2) is 29.3 Å². The van der Waals surface area contributed by atoms with E-state index in [1.807, 2.05) is 26.0 Å². The Bertz CT molecular complexity index is 912. The van der Waals surface area contributed by atoms with E-state index in [1.165, 1.54) is 5.56 Å². The Morgan fingerprint density at radius 1 is 1.04 bits per heavy atom. The lowest BCUT2D eigenvalue weighted by Gasteiger charge is -2.46. The third kappa shape index (κ3) is 3.84. The van der Waals surface area contributed by atoms with E-state index in [1.54, 1.807) is 0 Å². The van der Waals surface area contributed by atoms with Gasteiger partial charge in [-0.3, -0.25) is 9.98 Å². The fourth-order valence-electron chi connectivity index (χ4n) is 4.05. The van der Waals surface area contributed by atoms with Crippen molar-refractivity contribution in [2.75, 3.05) is 30.8 Å². The van der Waals surface area contributed by atoms with Crippen molar-refractivity contribution in [2.24, 2.45) is 4.99 Å². The number of rotatable bonds is 2. The molecule has 1 aromatic heterocycles. The maximum atomic E-state index is 6.26. The molecule has 0 aliphatic carbocycles. The van der Waals surface area contributed by atoms with E-state index in [-0.39, 0.29) is 5.54 Å². The van der Waals surface area contributed by atoms with Crippen molar-refractivity contribution >= 4 is 40.4 Å². The number of hydrogen-bond acceptors (Lipinski definition) is 4. The number of benzene rings is 1. The number of hydrogen-bond donors (Lipinski definition) is 2. The zero-order valence-electron chi connectivity index (χ0n) is 16.4. The number of aromatic nitrogens is 1. The first-order chi connectivity index (χ1) is 13.3. The molecule has 148 valence electrons. The van der Waals surface area contributed by atoms with Crippen molar-refractivity contribution in [3.05, 3.63) is 51.3 Å². The van der Waals surface area contributed by atoms with E-state index < -0.39 is 0 Å². The number of likely N-dealkylation sites (tertiary alicyclic amines) is 1. The molecule has 1 fully saturated rings. The van der Waals surface area contributed by atoms with Gasteiger partial charge in [0.15, 0.2) is 0 Å².